The summed E-state index contributed by atoms with van der Waals surface area (Å²) in [6, 6.07) is 34.8. The van der Waals surface area contributed by atoms with Crippen molar-refractivity contribution in [2.24, 2.45) is 0 Å². The molecule has 4 nitrogen and oxygen atoms in total. The molecule has 0 saturated heterocycles. The summed E-state index contributed by atoms with van der Waals surface area (Å²) in [6.45, 7) is 0. The quantitative estimate of drug-likeness (QED) is 0.388. The number of rotatable bonds is 8. The second-order valence-corrected chi connectivity index (χ2v) is 9.89. The van der Waals surface area contributed by atoms with Crippen molar-refractivity contribution in [2.45, 2.75) is 23.1 Å². The van der Waals surface area contributed by atoms with Crippen molar-refractivity contribution in [3.63, 3.8) is 0 Å². The fourth-order valence-corrected chi connectivity index (χ4v) is 5.12. The Morgan fingerprint density at radius 2 is 1.27 bits per heavy atom. The average molecular weight is 456 g/mol. The summed E-state index contributed by atoms with van der Waals surface area (Å²) in [5, 5.41) is 3.13. The van der Waals surface area contributed by atoms with Crippen molar-refractivity contribution in [1.29, 1.82) is 0 Å². The van der Waals surface area contributed by atoms with Gasteiger partial charge in [0.1, 0.15) is 0 Å². The van der Waals surface area contributed by atoms with Gasteiger partial charge in [-0.15, -0.1) is 0 Å². The van der Waals surface area contributed by atoms with E-state index in [4.69, 9.17) is 0 Å². The summed E-state index contributed by atoms with van der Waals surface area (Å²) in [5.74, 6) is -0.400. The molecule has 0 saturated carbocycles. The number of nitrogens with one attached hydrogen (secondary N) is 1. The van der Waals surface area contributed by atoms with Crippen LogP contribution in [-0.4, -0.2) is 14.3 Å². The molecule has 0 radical (unpaired) electrons. The molecule has 5 heteroatoms. The zero-order valence-electron chi connectivity index (χ0n) is 18.1. The normalized spacial score (nSPS) is 12.1. The van der Waals surface area contributed by atoms with Gasteiger partial charge < -0.3 is 5.32 Å². The van der Waals surface area contributed by atoms with Crippen LogP contribution in [0.3, 0.4) is 0 Å². The molecule has 166 valence electrons. The number of carbonyl (C=O) groups excluding carboxylic acids is 1. The molecular weight excluding hydrogens is 430 g/mol. The van der Waals surface area contributed by atoms with E-state index >= 15 is 0 Å². The van der Waals surface area contributed by atoms with E-state index in [-0.39, 0.29) is 22.6 Å². The zero-order chi connectivity index (χ0) is 23.1. The first-order chi connectivity index (χ1) is 16.0. The van der Waals surface area contributed by atoms with E-state index in [0.29, 0.717) is 17.5 Å². The number of amides is 1. The summed E-state index contributed by atoms with van der Waals surface area (Å²) in [5.41, 5.74) is 3.14. The maximum Gasteiger partial charge on any atom is 0.251 e. The van der Waals surface area contributed by atoms with Gasteiger partial charge in [-0.05, 0) is 47.4 Å². The van der Waals surface area contributed by atoms with Crippen molar-refractivity contribution in [3.05, 3.63) is 138 Å². The highest BCUT2D eigenvalue weighted by atomic mass is 32.2. The summed E-state index contributed by atoms with van der Waals surface area (Å²) in [6.07, 6.45) is 0.651. The zero-order valence-corrected chi connectivity index (χ0v) is 18.9. The SMILES string of the molecule is O=C(NC(Cc1ccccc1)c1ccccc1)c1cccc(CS(=O)(=O)c2ccccc2)c1. The second kappa shape index (κ2) is 10.3. The van der Waals surface area contributed by atoms with Gasteiger partial charge in [0, 0.05) is 5.56 Å². The topological polar surface area (TPSA) is 63.2 Å². The minimum absolute atomic E-state index is 0.162. The van der Waals surface area contributed by atoms with Crippen LogP contribution in [0.15, 0.2) is 120 Å². The lowest BCUT2D eigenvalue weighted by Gasteiger charge is -2.20. The Balaban J connectivity index is 1.54. The predicted molar refractivity (Wildman–Crippen MR) is 131 cm³/mol. The third kappa shape index (κ3) is 5.96. The van der Waals surface area contributed by atoms with Crippen LogP contribution in [0.2, 0.25) is 0 Å². The van der Waals surface area contributed by atoms with Gasteiger partial charge >= 0.3 is 0 Å². The first kappa shape index (κ1) is 22.5. The molecule has 0 spiro atoms. The van der Waals surface area contributed by atoms with Gasteiger partial charge in [0.15, 0.2) is 9.84 Å². The van der Waals surface area contributed by atoms with E-state index in [9.17, 15) is 13.2 Å². The van der Waals surface area contributed by atoms with Crippen LogP contribution in [0.25, 0.3) is 0 Å². The molecule has 0 fully saturated rings. The molecule has 1 atom stereocenters. The molecule has 4 aromatic carbocycles. The Bertz CT molecular complexity index is 1310. The van der Waals surface area contributed by atoms with Crippen LogP contribution in [-0.2, 0) is 22.0 Å². The molecule has 33 heavy (non-hydrogen) atoms. The molecule has 1 amide bonds. The van der Waals surface area contributed by atoms with Crippen LogP contribution >= 0.6 is 0 Å². The molecule has 1 N–H and O–H groups in total. The lowest BCUT2D eigenvalue weighted by Crippen LogP contribution is -2.30. The average Bonchev–Trinajstić information content (AvgIpc) is 2.85. The molecular formula is C28H25NO3S. The molecule has 0 aliphatic heterocycles. The van der Waals surface area contributed by atoms with Crippen molar-refractivity contribution in [1.82, 2.24) is 5.32 Å². The Labute approximate surface area is 194 Å². The molecule has 0 heterocycles. The lowest BCUT2D eigenvalue weighted by molar-refractivity contribution is 0.0936. The van der Waals surface area contributed by atoms with Crippen LogP contribution in [0.1, 0.15) is 33.1 Å². The third-order valence-corrected chi connectivity index (χ3v) is 7.14. The van der Waals surface area contributed by atoms with E-state index in [0.717, 1.165) is 11.1 Å². The number of benzene rings is 4. The van der Waals surface area contributed by atoms with E-state index < -0.39 is 9.84 Å². The van der Waals surface area contributed by atoms with Gasteiger partial charge in [0.2, 0.25) is 0 Å². The standard InChI is InChI=1S/C28H25NO3S/c30-28(29-27(24-14-6-2-7-15-24)20-22-11-4-1-5-12-22)25-16-10-13-23(19-25)21-33(31,32)26-17-8-3-9-18-26/h1-19,27H,20-21H2,(H,29,30). The van der Waals surface area contributed by atoms with Gasteiger partial charge in [-0.1, -0.05) is 91.0 Å². The number of sulfone groups is 1. The van der Waals surface area contributed by atoms with Gasteiger partial charge in [-0.2, -0.15) is 0 Å². The number of hydrogen-bond acceptors (Lipinski definition) is 3. The van der Waals surface area contributed by atoms with Crippen molar-refractivity contribution < 1.29 is 13.2 Å². The van der Waals surface area contributed by atoms with E-state index in [1.54, 1.807) is 54.6 Å². The number of carbonyl (C=O) groups is 1. The Hall–Kier alpha value is -3.70. The maximum atomic E-state index is 13.1. The van der Waals surface area contributed by atoms with E-state index in [1.165, 1.54) is 0 Å². The lowest BCUT2D eigenvalue weighted by atomic mass is 9.98. The van der Waals surface area contributed by atoms with E-state index in [2.05, 4.69) is 5.32 Å². The summed E-state index contributed by atoms with van der Waals surface area (Å²) < 4.78 is 25.5. The van der Waals surface area contributed by atoms with Gasteiger partial charge in [0.05, 0.1) is 16.7 Å². The van der Waals surface area contributed by atoms with Crippen LogP contribution in [0.5, 0.6) is 0 Å². The third-order valence-electron chi connectivity index (χ3n) is 5.44. The van der Waals surface area contributed by atoms with Crippen LogP contribution in [0, 0.1) is 0 Å². The first-order valence-electron chi connectivity index (χ1n) is 10.8. The minimum atomic E-state index is -3.49. The predicted octanol–water partition coefficient (Wildman–Crippen LogP) is 5.37. The largest absolute Gasteiger partial charge is 0.345 e. The second-order valence-electron chi connectivity index (χ2n) is 7.90. The van der Waals surface area contributed by atoms with Crippen LogP contribution < -0.4 is 5.32 Å². The first-order valence-corrected chi connectivity index (χ1v) is 12.4. The Morgan fingerprint density at radius 1 is 0.697 bits per heavy atom. The molecule has 0 aromatic heterocycles. The fraction of sp³-hybridized carbons (Fsp3) is 0.107. The van der Waals surface area contributed by atoms with Crippen molar-refractivity contribution >= 4 is 15.7 Å². The van der Waals surface area contributed by atoms with Gasteiger partial charge in [-0.25, -0.2) is 8.42 Å². The molecule has 0 aliphatic rings. The molecule has 1 unspecified atom stereocenters. The highest BCUT2D eigenvalue weighted by molar-refractivity contribution is 7.90. The fourth-order valence-electron chi connectivity index (χ4n) is 3.76. The van der Waals surface area contributed by atoms with Crippen molar-refractivity contribution in [3.8, 4) is 0 Å². The van der Waals surface area contributed by atoms with Crippen molar-refractivity contribution in [2.75, 3.05) is 0 Å². The number of hydrogen-bond donors (Lipinski definition) is 1. The highest BCUT2D eigenvalue weighted by Crippen LogP contribution is 2.21. The molecule has 0 bridgehead atoms. The van der Waals surface area contributed by atoms with Gasteiger partial charge in [0.25, 0.3) is 5.91 Å². The smallest absolute Gasteiger partial charge is 0.251 e. The Morgan fingerprint density at radius 3 is 1.94 bits per heavy atom. The molecule has 4 rings (SSSR count). The van der Waals surface area contributed by atoms with Gasteiger partial charge in [-0.3, -0.25) is 4.79 Å². The minimum Gasteiger partial charge on any atom is -0.345 e. The molecule has 0 aliphatic carbocycles. The van der Waals surface area contributed by atoms with E-state index in [1.807, 2.05) is 60.7 Å². The summed E-state index contributed by atoms with van der Waals surface area (Å²) in [4.78, 5) is 13.4. The molecule has 4 aromatic rings. The highest BCUT2D eigenvalue weighted by Gasteiger charge is 2.19. The summed E-state index contributed by atoms with van der Waals surface area (Å²) >= 11 is 0. The van der Waals surface area contributed by atoms with Crippen LogP contribution in [0.4, 0.5) is 0 Å². The maximum absolute atomic E-state index is 13.1. The Kier molecular flexibility index (Phi) is 7.01. The summed E-state index contributed by atoms with van der Waals surface area (Å²) in [7, 11) is -3.49. The monoisotopic (exact) mass is 455 g/mol.